The molecule has 1 aliphatic heterocycles. The van der Waals surface area contributed by atoms with Crippen LogP contribution in [0.2, 0.25) is 0 Å². The number of rotatable bonds is 1. The maximum absolute atomic E-state index is 9.55. The van der Waals surface area contributed by atoms with E-state index in [9.17, 15) is 5.11 Å². The minimum Gasteiger partial charge on any atom is -0.508 e. The van der Waals surface area contributed by atoms with Gasteiger partial charge in [-0.25, -0.2) is 0 Å². The van der Waals surface area contributed by atoms with E-state index in [0.717, 1.165) is 18.7 Å². The Morgan fingerprint density at radius 2 is 2.23 bits per heavy atom. The Kier molecular flexibility index (Phi) is 2.47. The van der Waals surface area contributed by atoms with Crippen LogP contribution in [0.15, 0.2) is 24.3 Å². The molecule has 3 heteroatoms. The highest BCUT2D eigenvalue weighted by Gasteiger charge is 2.17. The fraction of sp³-hybridized carbons (Fsp3) is 0.400. The Hall–Kier alpha value is -1.06. The van der Waals surface area contributed by atoms with Gasteiger partial charge in [0, 0.05) is 18.7 Å². The van der Waals surface area contributed by atoms with Gasteiger partial charge in [-0.1, -0.05) is 18.2 Å². The van der Waals surface area contributed by atoms with Gasteiger partial charge in [-0.15, -0.1) is 0 Å². The van der Waals surface area contributed by atoms with Gasteiger partial charge in [0.25, 0.3) is 0 Å². The number of phenols is 1. The topological polar surface area (TPSA) is 41.5 Å². The monoisotopic (exact) mass is 179 g/mol. The molecule has 0 radical (unpaired) electrons. The summed E-state index contributed by atoms with van der Waals surface area (Å²) >= 11 is 0. The van der Waals surface area contributed by atoms with Crippen LogP contribution < -0.4 is 5.32 Å². The fourth-order valence-corrected chi connectivity index (χ4v) is 1.52. The molecule has 0 amide bonds. The van der Waals surface area contributed by atoms with Crippen molar-refractivity contribution in [2.24, 2.45) is 0 Å². The van der Waals surface area contributed by atoms with Crippen molar-refractivity contribution in [2.45, 2.75) is 6.10 Å². The molecule has 1 unspecified atom stereocenters. The van der Waals surface area contributed by atoms with Crippen LogP contribution in [-0.2, 0) is 4.74 Å². The number of morpholine rings is 1. The molecule has 0 aliphatic carbocycles. The highest BCUT2D eigenvalue weighted by Crippen LogP contribution is 2.26. The Labute approximate surface area is 77.3 Å². The van der Waals surface area contributed by atoms with E-state index in [-0.39, 0.29) is 6.10 Å². The first-order chi connectivity index (χ1) is 6.38. The molecule has 0 saturated carbocycles. The van der Waals surface area contributed by atoms with Crippen LogP contribution in [0.4, 0.5) is 0 Å². The predicted octanol–water partition coefficient (Wildman–Crippen LogP) is 1.05. The molecule has 0 bridgehead atoms. The van der Waals surface area contributed by atoms with Gasteiger partial charge in [0.2, 0.25) is 0 Å². The maximum Gasteiger partial charge on any atom is 0.121 e. The molecule has 3 nitrogen and oxygen atoms in total. The number of aromatic hydroxyl groups is 1. The summed E-state index contributed by atoms with van der Waals surface area (Å²) in [7, 11) is 0. The summed E-state index contributed by atoms with van der Waals surface area (Å²) in [4.78, 5) is 0. The zero-order chi connectivity index (χ0) is 9.10. The van der Waals surface area contributed by atoms with Crippen molar-refractivity contribution in [3.63, 3.8) is 0 Å². The number of hydrogen-bond acceptors (Lipinski definition) is 3. The largest absolute Gasteiger partial charge is 0.508 e. The van der Waals surface area contributed by atoms with E-state index in [4.69, 9.17) is 4.74 Å². The molecular formula is C10H13NO2. The quantitative estimate of drug-likeness (QED) is 0.677. The van der Waals surface area contributed by atoms with Gasteiger partial charge in [-0.05, 0) is 6.07 Å². The molecule has 0 aromatic heterocycles. The lowest BCUT2D eigenvalue weighted by atomic mass is 10.1. The number of ether oxygens (including phenoxy) is 1. The lowest BCUT2D eigenvalue weighted by Crippen LogP contribution is -2.33. The number of hydrogen-bond donors (Lipinski definition) is 2. The van der Waals surface area contributed by atoms with Crippen molar-refractivity contribution in [3.05, 3.63) is 29.8 Å². The molecule has 1 saturated heterocycles. The molecule has 1 heterocycles. The SMILES string of the molecule is Oc1ccccc1C1CNCCO1. The highest BCUT2D eigenvalue weighted by atomic mass is 16.5. The van der Waals surface area contributed by atoms with Gasteiger partial charge in [-0.2, -0.15) is 0 Å². The first-order valence-electron chi connectivity index (χ1n) is 4.48. The van der Waals surface area contributed by atoms with Crippen molar-refractivity contribution in [1.29, 1.82) is 0 Å². The van der Waals surface area contributed by atoms with Crippen LogP contribution in [-0.4, -0.2) is 24.8 Å². The Bertz CT molecular complexity index is 282. The third-order valence-electron chi connectivity index (χ3n) is 2.21. The second-order valence-corrected chi connectivity index (χ2v) is 3.12. The summed E-state index contributed by atoms with van der Waals surface area (Å²) in [5.74, 6) is 0.316. The zero-order valence-corrected chi connectivity index (χ0v) is 7.36. The molecular weight excluding hydrogens is 166 g/mol. The second kappa shape index (κ2) is 3.77. The van der Waals surface area contributed by atoms with Crippen molar-refractivity contribution >= 4 is 0 Å². The summed E-state index contributed by atoms with van der Waals surface area (Å²) in [6.45, 7) is 2.38. The van der Waals surface area contributed by atoms with Crippen LogP contribution in [0.5, 0.6) is 5.75 Å². The molecule has 70 valence electrons. The lowest BCUT2D eigenvalue weighted by molar-refractivity contribution is 0.0263. The van der Waals surface area contributed by atoms with E-state index in [1.165, 1.54) is 0 Å². The fourth-order valence-electron chi connectivity index (χ4n) is 1.52. The van der Waals surface area contributed by atoms with E-state index >= 15 is 0 Å². The van der Waals surface area contributed by atoms with Crippen molar-refractivity contribution in [1.82, 2.24) is 5.32 Å². The smallest absolute Gasteiger partial charge is 0.121 e. The minimum atomic E-state index is -0.00468. The van der Waals surface area contributed by atoms with Crippen LogP contribution >= 0.6 is 0 Å². The summed E-state index contributed by atoms with van der Waals surface area (Å²) in [5, 5.41) is 12.8. The van der Waals surface area contributed by atoms with E-state index < -0.39 is 0 Å². The van der Waals surface area contributed by atoms with Gasteiger partial charge in [0.15, 0.2) is 0 Å². The third kappa shape index (κ3) is 1.82. The average molecular weight is 179 g/mol. The molecule has 2 rings (SSSR count). The molecule has 1 aromatic rings. The van der Waals surface area contributed by atoms with Gasteiger partial charge >= 0.3 is 0 Å². The predicted molar refractivity (Wildman–Crippen MR) is 49.7 cm³/mol. The van der Waals surface area contributed by atoms with Crippen LogP contribution in [0.3, 0.4) is 0 Å². The molecule has 0 spiro atoms. The van der Waals surface area contributed by atoms with E-state index in [0.29, 0.717) is 12.4 Å². The highest BCUT2D eigenvalue weighted by molar-refractivity contribution is 5.34. The molecule has 1 aliphatic rings. The summed E-state index contributed by atoms with van der Waals surface area (Å²) in [5.41, 5.74) is 0.870. The summed E-state index contributed by atoms with van der Waals surface area (Å²) < 4.78 is 5.52. The Balaban J connectivity index is 2.18. The number of phenolic OH excluding ortho intramolecular Hbond substituents is 1. The standard InChI is InChI=1S/C10H13NO2/c12-9-4-2-1-3-8(9)10-7-11-5-6-13-10/h1-4,10-12H,5-7H2. The number of nitrogens with one attached hydrogen (secondary N) is 1. The molecule has 1 fully saturated rings. The Morgan fingerprint density at radius 3 is 2.92 bits per heavy atom. The van der Waals surface area contributed by atoms with Gasteiger partial charge in [-0.3, -0.25) is 0 Å². The third-order valence-corrected chi connectivity index (χ3v) is 2.21. The summed E-state index contributed by atoms with van der Waals surface area (Å²) in [6, 6.07) is 7.31. The Morgan fingerprint density at radius 1 is 1.38 bits per heavy atom. The first kappa shape index (κ1) is 8.53. The number of benzene rings is 1. The first-order valence-corrected chi connectivity index (χ1v) is 4.48. The number of para-hydroxylation sites is 1. The maximum atomic E-state index is 9.55. The molecule has 1 aromatic carbocycles. The van der Waals surface area contributed by atoms with Gasteiger partial charge in [0.05, 0.1) is 12.7 Å². The van der Waals surface area contributed by atoms with Crippen LogP contribution in [0.1, 0.15) is 11.7 Å². The van der Waals surface area contributed by atoms with Crippen LogP contribution in [0, 0.1) is 0 Å². The van der Waals surface area contributed by atoms with E-state index in [2.05, 4.69) is 5.32 Å². The van der Waals surface area contributed by atoms with Gasteiger partial charge < -0.3 is 15.2 Å². The summed E-state index contributed by atoms with van der Waals surface area (Å²) in [6.07, 6.45) is -0.00468. The normalized spacial score (nSPS) is 22.9. The van der Waals surface area contributed by atoms with E-state index in [1.807, 2.05) is 18.2 Å². The van der Waals surface area contributed by atoms with E-state index in [1.54, 1.807) is 6.07 Å². The molecule has 13 heavy (non-hydrogen) atoms. The second-order valence-electron chi connectivity index (χ2n) is 3.12. The van der Waals surface area contributed by atoms with Crippen molar-refractivity contribution in [3.8, 4) is 5.75 Å². The van der Waals surface area contributed by atoms with Crippen molar-refractivity contribution < 1.29 is 9.84 Å². The van der Waals surface area contributed by atoms with Crippen LogP contribution in [0.25, 0.3) is 0 Å². The minimum absolute atomic E-state index is 0.00468. The lowest BCUT2D eigenvalue weighted by Gasteiger charge is -2.24. The molecule has 2 N–H and O–H groups in total. The van der Waals surface area contributed by atoms with Gasteiger partial charge in [0.1, 0.15) is 5.75 Å². The zero-order valence-electron chi connectivity index (χ0n) is 7.36. The average Bonchev–Trinajstić information content (AvgIpc) is 2.20. The molecule has 1 atom stereocenters. The van der Waals surface area contributed by atoms with Crippen molar-refractivity contribution in [2.75, 3.05) is 19.7 Å².